The van der Waals surface area contributed by atoms with Crippen LogP contribution in [0.1, 0.15) is 181 Å². The SMILES string of the molecule is CCc1cc(Cc2cc(C)c(C(C)(C)N3COc4ccccc4C3)c(CC)c2)cc(C)c1N1COc2ccc(C(C)(C)c3cccc4c3CN(c3c(C)cc(Cc5cc(C)c(C(C)(C)N6COc7ccccc7C6)c(CC)c5)cc3CC)CO4)cc2C1. The van der Waals surface area contributed by atoms with E-state index < -0.39 is 0 Å². The number of nitrogens with zero attached hydrogens (tertiary/aromatic N) is 4. The van der Waals surface area contributed by atoms with E-state index in [1.165, 1.54) is 123 Å². The molecule has 0 bridgehead atoms. The van der Waals surface area contributed by atoms with Crippen molar-refractivity contribution < 1.29 is 18.9 Å². The van der Waals surface area contributed by atoms with Crippen LogP contribution >= 0.6 is 0 Å². The third-order valence-corrected chi connectivity index (χ3v) is 20.1. The summed E-state index contributed by atoms with van der Waals surface area (Å²) in [6.45, 7) is 38.1. The summed E-state index contributed by atoms with van der Waals surface area (Å²) in [4.78, 5) is 9.89. The number of ether oxygens (including phenoxy) is 4. The number of hydrogen-bond acceptors (Lipinski definition) is 8. The molecule has 12 rings (SSSR count). The first-order valence-electron chi connectivity index (χ1n) is 32.2. The number of benzene rings is 8. The lowest BCUT2D eigenvalue weighted by Crippen LogP contribution is -2.46. The van der Waals surface area contributed by atoms with E-state index in [4.69, 9.17) is 18.9 Å². The molecule has 0 saturated carbocycles. The third-order valence-electron chi connectivity index (χ3n) is 20.1. The number of rotatable bonds is 16. The zero-order valence-electron chi connectivity index (χ0n) is 54.5. The second-order valence-electron chi connectivity index (χ2n) is 27.0. The molecule has 8 aromatic carbocycles. The number of anilines is 2. The fourth-order valence-corrected chi connectivity index (χ4v) is 15.7. The van der Waals surface area contributed by atoms with Crippen molar-refractivity contribution in [2.45, 2.75) is 178 Å². The van der Waals surface area contributed by atoms with Gasteiger partial charge in [0.15, 0.2) is 13.5 Å². The molecular formula is C79H92N4O4. The first-order chi connectivity index (χ1) is 41.8. The van der Waals surface area contributed by atoms with Crippen LogP contribution in [0.15, 0.2) is 133 Å². The molecule has 0 unspecified atom stereocenters. The van der Waals surface area contributed by atoms with Crippen LogP contribution in [0.25, 0.3) is 0 Å². The predicted molar refractivity (Wildman–Crippen MR) is 357 cm³/mol. The number of hydrogen-bond donors (Lipinski definition) is 0. The van der Waals surface area contributed by atoms with Gasteiger partial charge in [0, 0.05) is 69.8 Å². The van der Waals surface area contributed by atoms with E-state index in [1.54, 1.807) is 0 Å². The Hall–Kier alpha value is -7.52. The Kier molecular flexibility index (Phi) is 16.4. The minimum atomic E-state index is -0.320. The zero-order valence-corrected chi connectivity index (χ0v) is 54.5. The normalized spacial score (nSPS) is 15.4. The Balaban J connectivity index is 0.752. The van der Waals surface area contributed by atoms with E-state index in [0.717, 1.165) is 87.7 Å². The predicted octanol–water partition coefficient (Wildman–Crippen LogP) is 17.6. The van der Waals surface area contributed by atoms with Gasteiger partial charge in [0.05, 0.1) is 6.54 Å². The van der Waals surface area contributed by atoms with Gasteiger partial charge in [0.1, 0.15) is 36.5 Å². The Morgan fingerprint density at radius 1 is 0.379 bits per heavy atom. The molecular weight excluding hydrogens is 1070 g/mol. The van der Waals surface area contributed by atoms with Gasteiger partial charge in [-0.05, 0) is 213 Å². The van der Waals surface area contributed by atoms with E-state index in [2.05, 4.69) is 250 Å². The molecule has 0 fully saturated rings. The Morgan fingerprint density at radius 3 is 1.29 bits per heavy atom. The lowest BCUT2D eigenvalue weighted by molar-refractivity contribution is 0.00905. The number of para-hydroxylation sites is 2. The molecule has 0 N–H and O–H groups in total. The minimum absolute atomic E-state index is 0.195. The molecule has 4 aliphatic heterocycles. The van der Waals surface area contributed by atoms with E-state index in [9.17, 15) is 0 Å². The highest BCUT2D eigenvalue weighted by Crippen LogP contribution is 2.46. The van der Waals surface area contributed by atoms with Gasteiger partial charge in [-0.25, -0.2) is 0 Å². The highest BCUT2D eigenvalue weighted by atomic mass is 16.5. The van der Waals surface area contributed by atoms with Crippen LogP contribution in [0.3, 0.4) is 0 Å². The first-order valence-corrected chi connectivity index (χ1v) is 32.2. The molecule has 0 atom stereocenters. The topological polar surface area (TPSA) is 49.9 Å². The minimum Gasteiger partial charge on any atom is -0.478 e. The van der Waals surface area contributed by atoms with Crippen LogP contribution < -0.4 is 28.7 Å². The quantitative estimate of drug-likeness (QED) is 0.0949. The van der Waals surface area contributed by atoms with Crippen molar-refractivity contribution in [3.63, 3.8) is 0 Å². The molecule has 4 heterocycles. The van der Waals surface area contributed by atoms with Crippen LogP contribution in [0.4, 0.5) is 11.4 Å². The summed E-state index contributed by atoms with van der Waals surface area (Å²) < 4.78 is 26.0. The van der Waals surface area contributed by atoms with Crippen molar-refractivity contribution in [1.29, 1.82) is 0 Å². The maximum atomic E-state index is 6.75. The number of aryl methyl sites for hydroxylation is 8. The van der Waals surface area contributed by atoms with Crippen molar-refractivity contribution in [3.05, 3.63) is 245 Å². The van der Waals surface area contributed by atoms with Crippen LogP contribution in [-0.2, 0) is 81.2 Å². The van der Waals surface area contributed by atoms with E-state index >= 15 is 0 Å². The van der Waals surface area contributed by atoms with Crippen molar-refractivity contribution in [2.24, 2.45) is 0 Å². The molecule has 0 saturated heterocycles. The van der Waals surface area contributed by atoms with Gasteiger partial charge in [0.25, 0.3) is 0 Å². The van der Waals surface area contributed by atoms with Crippen LogP contribution in [0.5, 0.6) is 23.0 Å². The molecule has 0 aromatic heterocycles. The fraction of sp³-hybridized carbons (Fsp3) is 0.392. The third kappa shape index (κ3) is 11.3. The maximum Gasteiger partial charge on any atom is 0.161 e. The van der Waals surface area contributed by atoms with Crippen molar-refractivity contribution in [1.82, 2.24) is 9.80 Å². The summed E-state index contributed by atoms with van der Waals surface area (Å²) in [5.74, 6) is 3.95. The molecule has 0 spiro atoms. The molecule has 0 amide bonds. The summed E-state index contributed by atoms with van der Waals surface area (Å²) in [6, 6.07) is 50.1. The van der Waals surface area contributed by atoms with E-state index in [0.29, 0.717) is 26.9 Å². The smallest absolute Gasteiger partial charge is 0.161 e. The van der Waals surface area contributed by atoms with Gasteiger partial charge in [-0.15, -0.1) is 0 Å². The Morgan fingerprint density at radius 2 is 0.793 bits per heavy atom. The van der Waals surface area contributed by atoms with E-state index in [-0.39, 0.29) is 16.5 Å². The molecule has 8 heteroatoms. The molecule has 87 heavy (non-hydrogen) atoms. The van der Waals surface area contributed by atoms with Crippen molar-refractivity contribution in [3.8, 4) is 23.0 Å². The van der Waals surface area contributed by atoms with Gasteiger partial charge in [-0.3, -0.25) is 9.80 Å². The highest BCUT2D eigenvalue weighted by Gasteiger charge is 2.38. The Labute approximate surface area is 520 Å². The number of fused-ring (bicyclic) bond motifs is 4. The monoisotopic (exact) mass is 1160 g/mol. The molecule has 0 radical (unpaired) electrons. The largest absolute Gasteiger partial charge is 0.478 e. The summed E-state index contributed by atoms with van der Waals surface area (Å²) in [7, 11) is 0. The molecule has 4 aliphatic rings. The second-order valence-corrected chi connectivity index (χ2v) is 27.0. The average molecular weight is 1160 g/mol. The fourth-order valence-electron chi connectivity index (χ4n) is 15.7. The summed E-state index contributed by atoms with van der Waals surface area (Å²) in [6.07, 6.45) is 5.61. The molecule has 452 valence electrons. The first kappa shape index (κ1) is 59.8. The standard InChI is InChI=1S/C79H92N4O4/c1-15-59-38-55(32-51(5)73(59)78(11,12)82-44-63-24-19-21-27-69(63)86-49-82)36-57-34-53(7)75(61(17-3)40-57)80-43-65-42-66(30-31-71(65)84-47-80)77(9,10)68-26-23-29-72-67(68)46-81(48-85-72)76-54(8)35-58(41-62(76)18-4)37-56-33-52(6)74(60(16-2)39-56)79(13,14)83-45-64-25-20-22-28-70(64)87-50-83/h19-35,38-42H,15-18,36-37,43-50H2,1-14H3. The average Bonchev–Trinajstić information content (AvgIpc) is 1.63. The van der Waals surface area contributed by atoms with Gasteiger partial charge >= 0.3 is 0 Å². The van der Waals surface area contributed by atoms with Gasteiger partial charge in [0.2, 0.25) is 0 Å². The van der Waals surface area contributed by atoms with Crippen molar-refractivity contribution >= 4 is 11.4 Å². The lowest BCUT2D eigenvalue weighted by Gasteiger charge is -2.43. The molecule has 8 nitrogen and oxygen atoms in total. The highest BCUT2D eigenvalue weighted by molar-refractivity contribution is 5.65. The summed E-state index contributed by atoms with van der Waals surface area (Å²) >= 11 is 0. The van der Waals surface area contributed by atoms with Gasteiger partial charge in [-0.1, -0.05) is 145 Å². The Bertz CT molecular complexity index is 3910. The lowest BCUT2D eigenvalue weighted by atomic mass is 9.75. The zero-order chi connectivity index (χ0) is 61.1. The van der Waals surface area contributed by atoms with Crippen LogP contribution in [0.2, 0.25) is 0 Å². The molecule has 8 aromatic rings. The summed E-state index contributed by atoms with van der Waals surface area (Å²) in [5, 5.41) is 0. The molecule has 0 aliphatic carbocycles. The summed E-state index contributed by atoms with van der Waals surface area (Å²) in [5.41, 5.74) is 28.5. The van der Waals surface area contributed by atoms with Crippen molar-refractivity contribution in [2.75, 3.05) is 36.7 Å². The van der Waals surface area contributed by atoms with Gasteiger partial charge < -0.3 is 28.7 Å². The van der Waals surface area contributed by atoms with Crippen LogP contribution in [0, 0.1) is 27.7 Å². The van der Waals surface area contributed by atoms with Gasteiger partial charge in [-0.2, -0.15) is 0 Å². The van der Waals surface area contributed by atoms with Crippen LogP contribution in [-0.4, -0.2) is 36.7 Å². The van der Waals surface area contributed by atoms with E-state index in [1.807, 2.05) is 0 Å². The second kappa shape index (κ2) is 23.9. The maximum absolute atomic E-state index is 6.75.